The third kappa shape index (κ3) is 4.85. The minimum Gasteiger partial charge on any atom is -0.494 e. The highest BCUT2D eigenvalue weighted by Gasteiger charge is 2.29. The SMILES string of the molecule is CCCOc1cccc(C(CC(=O)OC)C(C)(C)N)c1. The first-order valence-corrected chi connectivity index (χ1v) is 6.97. The molecule has 0 heterocycles. The second-order valence-corrected chi connectivity index (χ2v) is 5.58. The van der Waals surface area contributed by atoms with Crippen molar-refractivity contribution >= 4 is 5.97 Å². The van der Waals surface area contributed by atoms with Gasteiger partial charge in [0, 0.05) is 11.5 Å². The Balaban J connectivity index is 2.98. The molecule has 0 amide bonds. The number of hydrogen-bond donors (Lipinski definition) is 1. The molecule has 0 aliphatic heterocycles. The van der Waals surface area contributed by atoms with Crippen LogP contribution in [0.1, 0.15) is 45.1 Å². The van der Waals surface area contributed by atoms with Crippen LogP contribution >= 0.6 is 0 Å². The molecule has 0 saturated heterocycles. The van der Waals surface area contributed by atoms with Gasteiger partial charge in [0.25, 0.3) is 0 Å². The quantitative estimate of drug-likeness (QED) is 0.780. The van der Waals surface area contributed by atoms with Gasteiger partial charge in [-0.05, 0) is 38.0 Å². The molecule has 112 valence electrons. The molecular weight excluding hydrogens is 254 g/mol. The van der Waals surface area contributed by atoms with Gasteiger partial charge in [0.15, 0.2) is 0 Å². The number of rotatable bonds is 7. The van der Waals surface area contributed by atoms with E-state index in [1.807, 2.05) is 38.1 Å². The van der Waals surface area contributed by atoms with Gasteiger partial charge in [-0.2, -0.15) is 0 Å². The van der Waals surface area contributed by atoms with Crippen LogP contribution in [-0.4, -0.2) is 25.2 Å². The molecule has 1 atom stereocenters. The van der Waals surface area contributed by atoms with Crippen molar-refractivity contribution in [3.63, 3.8) is 0 Å². The van der Waals surface area contributed by atoms with Crippen molar-refractivity contribution in [2.24, 2.45) is 5.73 Å². The van der Waals surface area contributed by atoms with Crippen LogP contribution in [0.4, 0.5) is 0 Å². The summed E-state index contributed by atoms with van der Waals surface area (Å²) in [6.45, 7) is 6.57. The van der Waals surface area contributed by atoms with E-state index in [0.29, 0.717) is 6.61 Å². The maximum atomic E-state index is 11.6. The molecule has 0 aromatic heterocycles. The van der Waals surface area contributed by atoms with Crippen molar-refractivity contribution in [1.82, 2.24) is 0 Å². The summed E-state index contributed by atoms with van der Waals surface area (Å²) in [5.74, 6) is 0.442. The summed E-state index contributed by atoms with van der Waals surface area (Å²) >= 11 is 0. The molecule has 2 N–H and O–H groups in total. The van der Waals surface area contributed by atoms with Crippen LogP contribution in [0.2, 0.25) is 0 Å². The third-order valence-corrected chi connectivity index (χ3v) is 3.23. The largest absolute Gasteiger partial charge is 0.494 e. The molecule has 0 spiro atoms. The summed E-state index contributed by atoms with van der Waals surface area (Å²) in [7, 11) is 1.39. The summed E-state index contributed by atoms with van der Waals surface area (Å²) in [6, 6.07) is 7.77. The van der Waals surface area contributed by atoms with Crippen LogP contribution < -0.4 is 10.5 Å². The molecule has 0 fully saturated rings. The van der Waals surface area contributed by atoms with E-state index in [1.54, 1.807) is 0 Å². The van der Waals surface area contributed by atoms with Crippen LogP contribution in [0.3, 0.4) is 0 Å². The highest BCUT2D eigenvalue weighted by Crippen LogP contribution is 2.32. The van der Waals surface area contributed by atoms with E-state index in [-0.39, 0.29) is 18.3 Å². The summed E-state index contributed by atoms with van der Waals surface area (Å²) in [5, 5.41) is 0. The standard InChI is InChI=1S/C16H25NO3/c1-5-9-20-13-8-6-7-12(10-13)14(16(2,3)17)11-15(18)19-4/h6-8,10,14H,5,9,11,17H2,1-4H3. The molecule has 1 rings (SSSR count). The van der Waals surface area contributed by atoms with E-state index in [4.69, 9.17) is 15.2 Å². The summed E-state index contributed by atoms with van der Waals surface area (Å²) in [4.78, 5) is 11.6. The van der Waals surface area contributed by atoms with E-state index in [0.717, 1.165) is 17.7 Å². The summed E-state index contributed by atoms with van der Waals surface area (Å²) in [5.41, 5.74) is 6.70. The zero-order valence-corrected chi connectivity index (χ0v) is 12.8. The average Bonchev–Trinajstić information content (AvgIpc) is 2.41. The van der Waals surface area contributed by atoms with Gasteiger partial charge in [-0.1, -0.05) is 19.1 Å². The summed E-state index contributed by atoms with van der Waals surface area (Å²) < 4.78 is 10.4. The zero-order valence-electron chi connectivity index (χ0n) is 12.8. The molecule has 20 heavy (non-hydrogen) atoms. The first-order chi connectivity index (χ1) is 9.38. The number of hydrogen-bond acceptors (Lipinski definition) is 4. The van der Waals surface area contributed by atoms with Crippen molar-refractivity contribution in [1.29, 1.82) is 0 Å². The normalized spacial score (nSPS) is 12.8. The highest BCUT2D eigenvalue weighted by atomic mass is 16.5. The van der Waals surface area contributed by atoms with Crippen LogP contribution in [0, 0.1) is 0 Å². The molecule has 0 saturated carbocycles. The Morgan fingerprint density at radius 3 is 2.65 bits per heavy atom. The number of esters is 1. The molecule has 1 unspecified atom stereocenters. The predicted octanol–water partition coefficient (Wildman–Crippen LogP) is 2.86. The van der Waals surface area contributed by atoms with Gasteiger partial charge in [0.05, 0.1) is 20.1 Å². The first kappa shape index (κ1) is 16.5. The van der Waals surface area contributed by atoms with Crippen molar-refractivity contribution < 1.29 is 14.3 Å². The number of carbonyl (C=O) groups excluding carboxylic acids is 1. The van der Waals surface area contributed by atoms with Crippen molar-refractivity contribution in [2.75, 3.05) is 13.7 Å². The van der Waals surface area contributed by atoms with Crippen LogP contribution in [-0.2, 0) is 9.53 Å². The van der Waals surface area contributed by atoms with E-state index >= 15 is 0 Å². The zero-order chi connectivity index (χ0) is 15.2. The van der Waals surface area contributed by atoms with E-state index in [9.17, 15) is 4.79 Å². The molecule has 0 bridgehead atoms. The topological polar surface area (TPSA) is 61.5 Å². The van der Waals surface area contributed by atoms with E-state index in [2.05, 4.69) is 6.92 Å². The lowest BCUT2D eigenvalue weighted by atomic mass is 9.80. The first-order valence-electron chi connectivity index (χ1n) is 6.97. The maximum absolute atomic E-state index is 11.6. The predicted molar refractivity (Wildman–Crippen MR) is 79.9 cm³/mol. The highest BCUT2D eigenvalue weighted by molar-refractivity contribution is 5.70. The van der Waals surface area contributed by atoms with Gasteiger partial charge in [-0.3, -0.25) is 4.79 Å². The molecule has 0 aliphatic carbocycles. The maximum Gasteiger partial charge on any atom is 0.306 e. The Morgan fingerprint density at radius 2 is 2.10 bits per heavy atom. The number of nitrogens with two attached hydrogens (primary N) is 1. The number of ether oxygens (including phenoxy) is 2. The van der Waals surface area contributed by atoms with Gasteiger partial charge in [-0.15, -0.1) is 0 Å². The molecule has 4 nitrogen and oxygen atoms in total. The number of methoxy groups -OCH3 is 1. The smallest absolute Gasteiger partial charge is 0.306 e. The lowest BCUT2D eigenvalue weighted by molar-refractivity contribution is -0.141. The second kappa shape index (κ2) is 7.29. The fourth-order valence-corrected chi connectivity index (χ4v) is 2.10. The van der Waals surface area contributed by atoms with Gasteiger partial charge in [0.2, 0.25) is 0 Å². The Morgan fingerprint density at radius 1 is 1.40 bits per heavy atom. The molecule has 4 heteroatoms. The van der Waals surface area contributed by atoms with E-state index in [1.165, 1.54) is 7.11 Å². The molecular formula is C16H25NO3. The van der Waals surface area contributed by atoms with E-state index < -0.39 is 5.54 Å². The molecule has 1 aromatic carbocycles. The van der Waals surface area contributed by atoms with Crippen LogP contribution in [0.25, 0.3) is 0 Å². The summed E-state index contributed by atoms with van der Waals surface area (Å²) in [6.07, 6.45) is 1.22. The second-order valence-electron chi connectivity index (χ2n) is 5.58. The Kier molecular flexibility index (Phi) is 6.02. The van der Waals surface area contributed by atoms with Crippen LogP contribution in [0.5, 0.6) is 5.75 Å². The van der Waals surface area contributed by atoms with Crippen LogP contribution in [0.15, 0.2) is 24.3 Å². The van der Waals surface area contributed by atoms with Gasteiger partial charge in [-0.25, -0.2) is 0 Å². The Labute approximate surface area is 121 Å². The lowest BCUT2D eigenvalue weighted by Crippen LogP contribution is -2.40. The molecule has 0 radical (unpaired) electrons. The van der Waals surface area contributed by atoms with Gasteiger partial charge < -0.3 is 15.2 Å². The lowest BCUT2D eigenvalue weighted by Gasteiger charge is -2.30. The Bertz CT molecular complexity index is 438. The monoisotopic (exact) mass is 279 g/mol. The minimum absolute atomic E-state index is 0.111. The fraction of sp³-hybridized carbons (Fsp3) is 0.562. The van der Waals surface area contributed by atoms with Crippen molar-refractivity contribution in [3.8, 4) is 5.75 Å². The van der Waals surface area contributed by atoms with Gasteiger partial charge in [0.1, 0.15) is 5.75 Å². The van der Waals surface area contributed by atoms with Crippen molar-refractivity contribution in [3.05, 3.63) is 29.8 Å². The number of benzene rings is 1. The molecule has 1 aromatic rings. The van der Waals surface area contributed by atoms with Gasteiger partial charge >= 0.3 is 5.97 Å². The van der Waals surface area contributed by atoms with Crippen molar-refractivity contribution in [2.45, 2.75) is 45.1 Å². The average molecular weight is 279 g/mol. The Hall–Kier alpha value is -1.55. The number of carbonyl (C=O) groups is 1. The third-order valence-electron chi connectivity index (χ3n) is 3.23. The fourth-order valence-electron chi connectivity index (χ4n) is 2.10. The minimum atomic E-state index is -0.516. The molecule has 0 aliphatic rings.